The zero-order valence-corrected chi connectivity index (χ0v) is 11.9. The molecular weight excluding hydrogens is 242 g/mol. The lowest BCUT2D eigenvalue weighted by Gasteiger charge is -2.27. The number of nitrogens with one attached hydrogen (secondary N) is 1. The molecule has 1 aromatic carbocycles. The van der Waals surface area contributed by atoms with Gasteiger partial charge in [-0.05, 0) is 18.1 Å². The predicted molar refractivity (Wildman–Crippen MR) is 74.5 cm³/mol. The van der Waals surface area contributed by atoms with E-state index in [1.54, 1.807) is 7.11 Å². The molecular formula is C15H21NO3. The second-order valence-electron chi connectivity index (χ2n) is 5.11. The molecule has 0 fully saturated rings. The number of hydrogen-bond donors (Lipinski definition) is 1. The minimum absolute atomic E-state index is 0.287. The van der Waals surface area contributed by atoms with Crippen LogP contribution >= 0.6 is 0 Å². The van der Waals surface area contributed by atoms with E-state index in [1.807, 2.05) is 26.0 Å². The van der Waals surface area contributed by atoms with Crippen molar-refractivity contribution < 1.29 is 14.3 Å². The number of aldehydes is 1. The number of benzene rings is 1. The molecule has 104 valence electrons. The molecule has 0 bridgehead atoms. The van der Waals surface area contributed by atoms with Crippen molar-refractivity contribution in [2.75, 3.05) is 13.7 Å². The SMILES string of the molecule is CCc1ccc(OC)c(C(C)(C)CNC(=O)C=O)c1. The van der Waals surface area contributed by atoms with Crippen LogP contribution in [0.2, 0.25) is 0 Å². The second kappa shape index (κ2) is 6.36. The Bertz CT molecular complexity index is 466. The molecule has 0 saturated carbocycles. The van der Waals surface area contributed by atoms with Crippen LogP contribution in [0.15, 0.2) is 18.2 Å². The first-order chi connectivity index (χ1) is 8.94. The summed E-state index contributed by atoms with van der Waals surface area (Å²) in [5, 5.41) is 2.60. The summed E-state index contributed by atoms with van der Waals surface area (Å²) in [4.78, 5) is 21.4. The number of methoxy groups -OCH3 is 1. The van der Waals surface area contributed by atoms with Gasteiger partial charge in [0.05, 0.1) is 7.11 Å². The van der Waals surface area contributed by atoms with Crippen LogP contribution in [0.3, 0.4) is 0 Å². The van der Waals surface area contributed by atoms with E-state index in [1.165, 1.54) is 5.56 Å². The molecule has 0 atom stereocenters. The summed E-state index contributed by atoms with van der Waals surface area (Å²) in [6.07, 6.45) is 1.23. The van der Waals surface area contributed by atoms with Crippen LogP contribution in [-0.2, 0) is 21.4 Å². The Morgan fingerprint density at radius 3 is 2.63 bits per heavy atom. The van der Waals surface area contributed by atoms with Crippen LogP contribution in [0, 0.1) is 0 Å². The number of carbonyl (C=O) groups is 2. The van der Waals surface area contributed by atoms with Gasteiger partial charge in [-0.15, -0.1) is 0 Å². The molecule has 0 aromatic heterocycles. The lowest BCUT2D eigenvalue weighted by molar-refractivity contribution is -0.131. The first kappa shape index (κ1) is 15.2. The fourth-order valence-corrected chi connectivity index (χ4v) is 1.95. The zero-order valence-electron chi connectivity index (χ0n) is 11.9. The second-order valence-corrected chi connectivity index (χ2v) is 5.11. The first-order valence-corrected chi connectivity index (χ1v) is 6.35. The van der Waals surface area contributed by atoms with E-state index in [2.05, 4.69) is 18.3 Å². The summed E-state index contributed by atoms with van der Waals surface area (Å²) >= 11 is 0. The molecule has 0 unspecified atom stereocenters. The standard InChI is InChI=1S/C15H21NO3/c1-5-11-6-7-13(19-4)12(8-11)15(2,3)10-16-14(18)9-17/h6-9H,5,10H2,1-4H3,(H,16,18). The highest BCUT2D eigenvalue weighted by molar-refractivity contribution is 6.23. The van der Waals surface area contributed by atoms with Crippen LogP contribution < -0.4 is 10.1 Å². The number of hydrogen-bond acceptors (Lipinski definition) is 3. The molecule has 1 aromatic rings. The Hall–Kier alpha value is -1.84. The van der Waals surface area contributed by atoms with Gasteiger partial charge in [0.15, 0.2) is 0 Å². The Morgan fingerprint density at radius 1 is 1.42 bits per heavy atom. The summed E-state index contributed by atoms with van der Waals surface area (Å²) in [5.41, 5.74) is 1.93. The summed E-state index contributed by atoms with van der Waals surface area (Å²) in [7, 11) is 1.63. The highest BCUT2D eigenvalue weighted by atomic mass is 16.5. The molecule has 0 aliphatic rings. The molecule has 1 N–H and O–H groups in total. The molecule has 0 aliphatic heterocycles. The Morgan fingerprint density at radius 2 is 2.11 bits per heavy atom. The maximum absolute atomic E-state index is 11.1. The van der Waals surface area contributed by atoms with Crippen LogP contribution in [0.4, 0.5) is 0 Å². The summed E-state index contributed by atoms with van der Waals surface area (Å²) < 4.78 is 5.38. The van der Waals surface area contributed by atoms with Gasteiger partial charge in [-0.1, -0.05) is 32.9 Å². The Kier molecular flexibility index (Phi) is 5.10. The predicted octanol–water partition coefficient (Wildman–Crippen LogP) is 1.85. The van der Waals surface area contributed by atoms with Crippen LogP contribution in [0.25, 0.3) is 0 Å². The van der Waals surface area contributed by atoms with Crippen molar-refractivity contribution in [1.29, 1.82) is 0 Å². The summed E-state index contributed by atoms with van der Waals surface area (Å²) in [6, 6.07) is 6.06. The number of carbonyl (C=O) groups excluding carboxylic acids is 2. The van der Waals surface area contributed by atoms with Crippen molar-refractivity contribution in [3.63, 3.8) is 0 Å². The topological polar surface area (TPSA) is 55.4 Å². The molecule has 0 saturated heterocycles. The zero-order chi connectivity index (χ0) is 14.5. The molecule has 1 rings (SSSR count). The monoisotopic (exact) mass is 263 g/mol. The molecule has 19 heavy (non-hydrogen) atoms. The van der Waals surface area contributed by atoms with Crippen molar-refractivity contribution in [3.8, 4) is 5.75 Å². The molecule has 0 aliphatic carbocycles. The van der Waals surface area contributed by atoms with Crippen molar-refractivity contribution in [1.82, 2.24) is 5.32 Å². The molecule has 1 amide bonds. The van der Waals surface area contributed by atoms with Crippen molar-refractivity contribution in [2.45, 2.75) is 32.6 Å². The fraction of sp³-hybridized carbons (Fsp3) is 0.467. The van der Waals surface area contributed by atoms with E-state index in [0.717, 1.165) is 17.7 Å². The van der Waals surface area contributed by atoms with Gasteiger partial charge in [0.1, 0.15) is 5.75 Å². The minimum atomic E-state index is -0.598. The molecule has 0 spiro atoms. The normalized spacial score (nSPS) is 10.9. The van der Waals surface area contributed by atoms with Gasteiger partial charge in [0.2, 0.25) is 6.29 Å². The van der Waals surface area contributed by atoms with E-state index < -0.39 is 5.91 Å². The maximum atomic E-state index is 11.1. The van der Waals surface area contributed by atoms with Crippen molar-refractivity contribution >= 4 is 12.2 Å². The van der Waals surface area contributed by atoms with Crippen molar-refractivity contribution in [3.05, 3.63) is 29.3 Å². The van der Waals surface area contributed by atoms with E-state index in [4.69, 9.17) is 4.74 Å². The van der Waals surface area contributed by atoms with Gasteiger partial charge in [-0.3, -0.25) is 9.59 Å². The lowest BCUT2D eigenvalue weighted by Crippen LogP contribution is -2.37. The first-order valence-electron chi connectivity index (χ1n) is 6.35. The number of aryl methyl sites for hydroxylation is 1. The average Bonchev–Trinajstić information content (AvgIpc) is 2.43. The van der Waals surface area contributed by atoms with Crippen molar-refractivity contribution in [2.24, 2.45) is 0 Å². The van der Waals surface area contributed by atoms with E-state index >= 15 is 0 Å². The summed E-state index contributed by atoms with van der Waals surface area (Å²) in [6.45, 7) is 6.49. The number of rotatable bonds is 6. The third-order valence-electron chi connectivity index (χ3n) is 3.21. The van der Waals surface area contributed by atoms with Gasteiger partial charge in [0, 0.05) is 17.5 Å². The molecule has 0 radical (unpaired) electrons. The van der Waals surface area contributed by atoms with Gasteiger partial charge < -0.3 is 10.1 Å². The van der Waals surface area contributed by atoms with Gasteiger partial charge in [0.25, 0.3) is 5.91 Å². The highest BCUT2D eigenvalue weighted by Crippen LogP contribution is 2.32. The third kappa shape index (κ3) is 3.81. The largest absolute Gasteiger partial charge is 0.496 e. The van der Waals surface area contributed by atoms with Gasteiger partial charge in [-0.2, -0.15) is 0 Å². The number of ether oxygens (including phenoxy) is 1. The highest BCUT2D eigenvalue weighted by Gasteiger charge is 2.25. The smallest absolute Gasteiger partial charge is 0.284 e. The van der Waals surface area contributed by atoms with E-state index in [9.17, 15) is 9.59 Å². The quantitative estimate of drug-likeness (QED) is 0.629. The molecule has 4 heteroatoms. The van der Waals surface area contributed by atoms with Gasteiger partial charge >= 0.3 is 0 Å². The Labute approximate surface area is 114 Å². The average molecular weight is 263 g/mol. The lowest BCUT2D eigenvalue weighted by atomic mass is 9.82. The molecule has 0 heterocycles. The van der Waals surface area contributed by atoms with Gasteiger partial charge in [-0.25, -0.2) is 0 Å². The minimum Gasteiger partial charge on any atom is -0.496 e. The van der Waals surface area contributed by atoms with Crippen LogP contribution in [0.1, 0.15) is 31.9 Å². The fourth-order valence-electron chi connectivity index (χ4n) is 1.95. The third-order valence-corrected chi connectivity index (χ3v) is 3.21. The van der Waals surface area contributed by atoms with E-state index in [-0.39, 0.29) is 11.7 Å². The maximum Gasteiger partial charge on any atom is 0.284 e. The van der Waals surface area contributed by atoms with Crippen LogP contribution in [0.5, 0.6) is 5.75 Å². The molecule has 4 nitrogen and oxygen atoms in total. The van der Waals surface area contributed by atoms with Crippen LogP contribution in [-0.4, -0.2) is 25.8 Å². The Balaban J connectivity index is 3.03. The van der Waals surface area contributed by atoms with E-state index in [0.29, 0.717) is 6.54 Å². The number of amides is 1. The summed E-state index contributed by atoms with van der Waals surface area (Å²) in [5.74, 6) is 0.196.